The molecule has 1 aromatic heterocycles. The highest BCUT2D eigenvalue weighted by atomic mass is 35.5. The predicted molar refractivity (Wildman–Crippen MR) is 69.7 cm³/mol. The molecule has 17 heavy (non-hydrogen) atoms. The topological polar surface area (TPSA) is 42.8 Å². The van der Waals surface area contributed by atoms with Crippen molar-refractivity contribution in [3.05, 3.63) is 33.8 Å². The van der Waals surface area contributed by atoms with Crippen molar-refractivity contribution in [1.29, 1.82) is 0 Å². The molecule has 0 unspecified atom stereocenters. The third kappa shape index (κ3) is 2.21. The minimum absolute atomic E-state index is 0.551. The van der Waals surface area contributed by atoms with Crippen LogP contribution < -0.4 is 4.74 Å². The van der Waals surface area contributed by atoms with Gasteiger partial charge in [0.1, 0.15) is 11.6 Å². The maximum Gasteiger partial charge on any atom is 0.199 e. The molecule has 2 rings (SSSR count). The van der Waals surface area contributed by atoms with Crippen molar-refractivity contribution < 1.29 is 4.74 Å². The average Bonchev–Trinajstić information content (AvgIpc) is 2.70. The van der Waals surface area contributed by atoms with Crippen molar-refractivity contribution in [3.8, 4) is 11.4 Å². The maximum absolute atomic E-state index is 6.09. The molecule has 1 aromatic carbocycles. The van der Waals surface area contributed by atoms with E-state index in [-0.39, 0.29) is 0 Å². The number of H-pyrrole nitrogens is 1. The Kier molecular flexibility index (Phi) is 3.49. The molecule has 90 valence electrons. The van der Waals surface area contributed by atoms with Gasteiger partial charge in [-0.15, -0.1) is 0 Å². The van der Waals surface area contributed by atoms with Gasteiger partial charge in [-0.05, 0) is 30.4 Å². The highest BCUT2D eigenvalue weighted by Gasteiger charge is 2.08. The third-order valence-electron chi connectivity index (χ3n) is 2.45. The van der Waals surface area contributed by atoms with E-state index in [1.807, 2.05) is 29.7 Å². The molecule has 2 aromatic rings. The van der Waals surface area contributed by atoms with Gasteiger partial charge in [-0.2, -0.15) is 5.10 Å². The number of nitrogens with zero attached hydrogens (tertiary/aromatic N) is 2. The van der Waals surface area contributed by atoms with Crippen molar-refractivity contribution in [3.63, 3.8) is 0 Å². The van der Waals surface area contributed by atoms with E-state index in [9.17, 15) is 0 Å². The van der Waals surface area contributed by atoms with Crippen molar-refractivity contribution in [2.24, 2.45) is 0 Å². The van der Waals surface area contributed by atoms with Crippen LogP contribution in [0.5, 0.6) is 5.75 Å². The Bertz CT molecular complexity index is 591. The van der Waals surface area contributed by atoms with Crippen molar-refractivity contribution in [1.82, 2.24) is 14.8 Å². The van der Waals surface area contributed by atoms with Crippen LogP contribution in [0.15, 0.2) is 18.2 Å². The fourth-order valence-electron chi connectivity index (χ4n) is 1.63. The van der Waals surface area contributed by atoms with Gasteiger partial charge in [0.2, 0.25) is 0 Å². The molecule has 0 aliphatic heterocycles. The Morgan fingerprint density at radius 2 is 2.29 bits per heavy atom. The van der Waals surface area contributed by atoms with E-state index in [2.05, 4.69) is 10.2 Å². The number of aromatic amines is 1. The lowest BCUT2D eigenvalue weighted by Crippen LogP contribution is -2.00. The molecule has 0 saturated carbocycles. The van der Waals surface area contributed by atoms with Crippen LogP contribution >= 0.6 is 23.8 Å². The summed E-state index contributed by atoms with van der Waals surface area (Å²) in [6.45, 7) is 2.02. The minimum atomic E-state index is 0.551. The van der Waals surface area contributed by atoms with E-state index in [0.717, 1.165) is 17.9 Å². The zero-order valence-corrected chi connectivity index (χ0v) is 11.1. The van der Waals surface area contributed by atoms with Gasteiger partial charge < -0.3 is 4.74 Å². The number of aromatic nitrogens is 3. The lowest BCUT2D eigenvalue weighted by molar-refractivity contribution is 0.415. The van der Waals surface area contributed by atoms with Gasteiger partial charge in [0, 0.05) is 6.42 Å². The average molecular weight is 270 g/mol. The van der Waals surface area contributed by atoms with Gasteiger partial charge in [0.25, 0.3) is 0 Å². The molecule has 0 spiro atoms. The number of nitrogens with one attached hydrogen (secondary N) is 1. The second-order valence-corrected chi connectivity index (χ2v) is 4.25. The summed E-state index contributed by atoms with van der Waals surface area (Å²) in [5.74, 6) is 1.51. The summed E-state index contributed by atoms with van der Waals surface area (Å²) in [4.78, 5) is 0. The minimum Gasteiger partial charge on any atom is -0.495 e. The molecule has 0 saturated heterocycles. The lowest BCUT2D eigenvalue weighted by atomic mass is 10.3. The Hall–Kier alpha value is -1.33. The van der Waals surface area contributed by atoms with Gasteiger partial charge in [0.05, 0.1) is 17.8 Å². The summed E-state index contributed by atoms with van der Waals surface area (Å²) in [7, 11) is 1.59. The molecule has 1 N–H and O–H groups in total. The molecule has 6 heteroatoms. The van der Waals surface area contributed by atoms with Crippen molar-refractivity contribution in [2.45, 2.75) is 13.3 Å². The number of methoxy groups -OCH3 is 1. The molecule has 4 nitrogen and oxygen atoms in total. The number of benzene rings is 1. The summed E-state index contributed by atoms with van der Waals surface area (Å²) >= 11 is 11.3. The van der Waals surface area contributed by atoms with Crippen LogP contribution in [0.2, 0.25) is 5.02 Å². The molecule has 0 aliphatic carbocycles. The molecule has 1 heterocycles. The van der Waals surface area contributed by atoms with Gasteiger partial charge in [-0.1, -0.05) is 18.5 Å². The molecule has 0 aliphatic rings. The van der Waals surface area contributed by atoms with Gasteiger partial charge >= 0.3 is 0 Å². The summed E-state index contributed by atoms with van der Waals surface area (Å²) in [6.07, 6.45) is 0.788. The number of hydrogen-bond acceptors (Lipinski definition) is 3. The van der Waals surface area contributed by atoms with E-state index < -0.39 is 0 Å². The van der Waals surface area contributed by atoms with Crippen LogP contribution in [0.3, 0.4) is 0 Å². The van der Waals surface area contributed by atoms with Gasteiger partial charge in [-0.25, -0.2) is 0 Å². The second-order valence-electron chi connectivity index (χ2n) is 3.45. The number of halogens is 1. The summed E-state index contributed by atoms with van der Waals surface area (Å²) in [6, 6.07) is 5.52. The Balaban J connectivity index is 2.57. The fourth-order valence-corrected chi connectivity index (χ4v) is 2.14. The molecule has 0 bridgehead atoms. The highest BCUT2D eigenvalue weighted by molar-refractivity contribution is 7.71. The first-order valence-corrected chi connectivity index (χ1v) is 5.96. The van der Waals surface area contributed by atoms with Crippen molar-refractivity contribution >= 4 is 23.8 Å². The third-order valence-corrected chi connectivity index (χ3v) is 3.02. The van der Waals surface area contributed by atoms with E-state index in [0.29, 0.717) is 15.5 Å². The van der Waals surface area contributed by atoms with Gasteiger partial charge in [-0.3, -0.25) is 9.67 Å². The summed E-state index contributed by atoms with van der Waals surface area (Å²) < 4.78 is 7.53. The predicted octanol–water partition coefficient (Wildman–Crippen LogP) is 3.15. The quantitative estimate of drug-likeness (QED) is 0.871. The van der Waals surface area contributed by atoms with E-state index in [4.69, 9.17) is 28.6 Å². The normalized spacial score (nSPS) is 10.5. The Labute approximate surface area is 109 Å². The largest absolute Gasteiger partial charge is 0.495 e. The van der Waals surface area contributed by atoms with E-state index >= 15 is 0 Å². The van der Waals surface area contributed by atoms with Crippen LogP contribution in [-0.4, -0.2) is 21.9 Å². The van der Waals surface area contributed by atoms with Crippen LogP contribution in [0.25, 0.3) is 5.69 Å². The molecule has 0 amide bonds. The molecular formula is C11H12ClN3OS. The zero-order chi connectivity index (χ0) is 12.4. The maximum atomic E-state index is 6.09. The fraction of sp³-hybridized carbons (Fsp3) is 0.273. The van der Waals surface area contributed by atoms with Crippen LogP contribution in [-0.2, 0) is 6.42 Å². The van der Waals surface area contributed by atoms with E-state index in [1.54, 1.807) is 7.11 Å². The molecule has 0 radical (unpaired) electrons. The molecular weight excluding hydrogens is 258 g/mol. The first-order valence-electron chi connectivity index (χ1n) is 5.17. The molecule has 0 fully saturated rings. The zero-order valence-electron chi connectivity index (χ0n) is 9.53. The number of ether oxygens (including phenoxy) is 1. The van der Waals surface area contributed by atoms with Crippen molar-refractivity contribution in [2.75, 3.05) is 7.11 Å². The van der Waals surface area contributed by atoms with Gasteiger partial charge in [0.15, 0.2) is 4.77 Å². The SMILES string of the molecule is CCc1n[nH]c(=S)n1-c1ccc(OC)c(Cl)c1. The van der Waals surface area contributed by atoms with Crippen LogP contribution in [0.4, 0.5) is 0 Å². The first kappa shape index (κ1) is 12.1. The smallest absolute Gasteiger partial charge is 0.199 e. The number of hydrogen-bond donors (Lipinski definition) is 1. The number of aryl methyl sites for hydroxylation is 1. The standard InChI is InChI=1S/C11H12ClN3OS/c1-3-10-13-14-11(17)15(10)7-4-5-9(16-2)8(12)6-7/h4-6H,3H2,1-2H3,(H,14,17). The highest BCUT2D eigenvalue weighted by Crippen LogP contribution is 2.27. The number of rotatable bonds is 3. The lowest BCUT2D eigenvalue weighted by Gasteiger charge is -2.08. The summed E-state index contributed by atoms with van der Waals surface area (Å²) in [5.41, 5.74) is 0.881. The monoisotopic (exact) mass is 269 g/mol. The second kappa shape index (κ2) is 4.89. The Morgan fingerprint density at radius 1 is 1.53 bits per heavy atom. The molecule has 0 atom stereocenters. The first-order chi connectivity index (χ1) is 8.17. The Morgan fingerprint density at radius 3 is 2.88 bits per heavy atom. The van der Waals surface area contributed by atoms with E-state index in [1.165, 1.54) is 0 Å². The summed E-state index contributed by atoms with van der Waals surface area (Å²) in [5, 5.41) is 7.48. The van der Waals surface area contributed by atoms with Crippen LogP contribution in [0.1, 0.15) is 12.7 Å². The van der Waals surface area contributed by atoms with Crippen LogP contribution in [0, 0.1) is 4.77 Å².